The van der Waals surface area contributed by atoms with Crippen molar-refractivity contribution in [3.05, 3.63) is 81.9 Å². The van der Waals surface area contributed by atoms with Crippen LogP contribution in [-0.4, -0.2) is 20.4 Å². The smallest absolute Gasteiger partial charge is 0.275 e. The Morgan fingerprint density at radius 1 is 1.14 bits per heavy atom. The van der Waals surface area contributed by atoms with Crippen LogP contribution in [0.2, 0.25) is 0 Å². The first-order valence-electron chi connectivity index (χ1n) is 8.84. The van der Waals surface area contributed by atoms with Crippen LogP contribution in [-0.2, 0) is 13.6 Å². The minimum atomic E-state index is -0.289. The molecule has 4 rings (SSSR count). The average Bonchev–Trinajstić information content (AvgIpc) is 3.05. The molecule has 0 spiro atoms. The van der Waals surface area contributed by atoms with Crippen molar-refractivity contribution in [2.45, 2.75) is 13.5 Å². The van der Waals surface area contributed by atoms with Gasteiger partial charge in [-0.1, -0.05) is 30.3 Å². The molecule has 0 unspecified atom stereocenters. The van der Waals surface area contributed by atoms with Crippen LogP contribution in [0, 0.1) is 6.92 Å². The number of carbonyl (C=O) groups is 1. The number of para-hydroxylation sites is 3. The molecule has 140 valence electrons. The molecule has 1 N–H and O–H groups in total. The Bertz CT molecular complexity index is 1220. The molecule has 0 aliphatic carbocycles. The minimum Gasteiger partial charge on any atom is -0.324 e. The second-order valence-electron chi connectivity index (χ2n) is 6.39. The quantitative estimate of drug-likeness (QED) is 0.579. The summed E-state index contributed by atoms with van der Waals surface area (Å²) in [5, 5.41) is 5.02. The number of rotatable bonds is 4. The molecule has 2 heterocycles. The highest BCUT2D eigenvalue weighted by atomic mass is 32.1. The first-order valence-corrected chi connectivity index (χ1v) is 9.72. The minimum absolute atomic E-state index is 0.283. The van der Waals surface area contributed by atoms with Gasteiger partial charge in [-0.3, -0.25) is 14.8 Å². The van der Waals surface area contributed by atoms with Crippen molar-refractivity contribution in [1.82, 2.24) is 14.5 Å². The topological polar surface area (TPSA) is 72.2 Å². The molecular weight excluding hydrogens is 370 g/mol. The molecule has 0 atom stereocenters. The summed E-state index contributed by atoms with van der Waals surface area (Å²) in [6.45, 7) is 2.53. The summed E-state index contributed by atoms with van der Waals surface area (Å²) in [5.74, 6) is -0.289. The first-order chi connectivity index (χ1) is 13.6. The van der Waals surface area contributed by atoms with Crippen molar-refractivity contribution in [1.29, 1.82) is 0 Å². The number of fused-ring (bicyclic) bond motifs is 1. The molecule has 0 saturated carbocycles. The van der Waals surface area contributed by atoms with Gasteiger partial charge >= 0.3 is 0 Å². The predicted octanol–water partition coefficient (Wildman–Crippen LogP) is 3.69. The van der Waals surface area contributed by atoms with E-state index in [-0.39, 0.29) is 11.6 Å². The van der Waals surface area contributed by atoms with Gasteiger partial charge in [0.15, 0.2) is 4.80 Å². The average molecular weight is 389 g/mol. The van der Waals surface area contributed by atoms with Crippen molar-refractivity contribution in [2.24, 2.45) is 12.0 Å². The molecule has 0 radical (unpaired) electrons. The van der Waals surface area contributed by atoms with Crippen LogP contribution >= 0.6 is 11.3 Å². The zero-order valence-corrected chi connectivity index (χ0v) is 16.4. The molecule has 0 aliphatic rings. The largest absolute Gasteiger partial charge is 0.324 e. The molecule has 28 heavy (non-hydrogen) atoms. The number of aryl methyl sites for hydroxylation is 1. The number of thiazole rings is 1. The Morgan fingerprint density at radius 2 is 1.89 bits per heavy atom. The van der Waals surface area contributed by atoms with Crippen LogP contribution in [0.5, 0.6) is 0 Å². The maximum atomic E-state index is 12.7. The van der Waals surface area contributed by atoms with Gasteiger partial charge in [0, 0.05) is 23.8 Å². The van der Waals surface area contributed by atoms with E-state index >= 15 is 0 Å². The number of nitrogens with zero attached hydrogens (tertiary/aromatic N) is 4. The van der Waals surface area contributed by atoms with Crippen LogP contribution in [0.25, 0.3) is 11.0 Å². The van der Waals surface area contributed by atoms with Gasteiger partial charge in [0.2, 0.25) is 0 Å². The van der Waals surface area contributed by atoms with Crippen molar-refractivity contribution in [3.8, 4) is 0 Å². The molecule has 0 bridgehead atoms. The number of anilines is 1. The fraction of sp³-hybridized carbons (Fsp3) is 0.143. The Hall–Kier alpha value is -3.32. The number of benzene rings is 2. The van der Waals surface area contributed by atoms with Gasteiger partial charge in [0.25, 0.3) is 5.91 Å². The monoisotopic (exact) mass is 389 g/mol. The summed E-state index contributed by atoms with van der Waals surface area (Å²) in [6.07, 6.45) is 1.50. The number of carbonyl (C=O) groups excluding carboxylic acids is 1. The van der Waals surface area contributed by atoms with Gasteiger partial charge in [-0.15, -0.1) is 11.3 Å². The van der Waals surface area contributed by atoms with Crippen LogP contribution < -0.4 is 10.1 Å². The molecule has 6 nitrogen and oxygen atoms in total. The molecule has 2 aromatic carbocycles. The summed E-state index contributed by atoms with van der Waals surface area (Å²) in [6, 6.07) is 15.1. The zero-order valence-electron chi connectivity index (χ0n) is 15.6. The van der Waals surface area contributed by atoms with Gasteiger partial charge in [-0.2, -0.15) is 0 Å². The normalized spacial score (nSPS) is 11.7. The fourth-order valence-electron chi connectivity index (χ4n) is 2.78. The first kappa shape index (κ1) is 18.1. The van der Waals surface area contributed by atoms with E-state index in [0.29, 0.717) is 12.1 Å². The van der Waals surface area contributed by atoms with E-state index < -0.39 is 0 Å². The van der Waals surface area contributed by atoms with E-state index in [4.69, 9.17) is 0 Å². The lowest BCUT2D eigenvalue weighted by atomic mass is 10.1. The van der Waals surface area contributed by atoms with Gasteiger partial charge in [-0.25, -0.2) is 4.98 Å². The highest BCUT2D eigenvalue weighted by Crippen LogP contribution is 2.17. The second kappa shape index (κ2) is 7.74. The Kier molecular flexibility index (Phi) is 4.99. The third-order valence-corrected chi connectivity index (χ3v) is 5.56. The van der Waals surface area contributed by atoms with E-state index in [1.807, 2.05) is 62.5 Å². The standard InChI is InChI=1S/C21H19N5OS/c1-14-13-28-21(26(14)2)23-11-15-7-3-4-8-16(15)25-20(27)19-12-22-17-9-5-6-10-18(17)24-19/h3-10,12-13H,11H2,1-2H3,(H,25,27). The molecule has 7 heteroatoms. The Morgan fingerprint density at radius 3 is 2.68 bits per heavy atom. The van der Waals surface area contributed by atoms with E-state index in [0.717, 1.165) is 21.6 Å². The lowest BCUT2D eigenvalue weighted by molar-refractivity contribution is 0.102. The molecule has 0 fully saturated rings. The molecule has 0 saturated heterocycles. The van der Waals surface area contributed by atoms with E-state index in [2.05, 4.69) is 30.2 Å². The summed E-state index contributed by atoms with van der Waals surface area (Å²) in [4.78, 5) is 27.0. The van der Waals surface area contributed by atoms with E-state index in [1.165, 1.54) is 11.9 Å². The third-order valence-electron chi connectivity index (χ3n) is 4.48. The predicted molar refractivity (Wildman–Crippen MR) is 111 cm³/mol. The number of aromatic nitrogens is 3. The summed E-state index contributed by atoms with van der Waals surface area (Å²) in [7, 11) is 2.00. The number of hydrogen-bond acceptors (Lipinski definition) is 5. The number of hydrogen-bond donors (Lipinski definition) is 1. The van der Waals surface area contributed by atoms with Crippen molar-refractivity contribution in [3.63, 3.8) is 0 Å². The molecule has 4 aromatic rings. The number of amides is 1. The summed E-state index contributed by atoms with van der Waals surface area (Å²) in [5.41, 5.74) is 4.57. The maximum absolute atomic E-state index is 12.7. The Labute approximate surface area is 166 Å². The van der Waals surface area contributed by atoms with Gasteiger partial charge in [0.05, 0.1) is 23.8 Å². The van der Waals surface area contributed by atoms with Crippen LogP contribution in [0.15, 0.2) is 65.1 Å². The van der Waals surface area contributed by atoms with Crippen molar-refractivity contribution >= 4 is 34.0 Å². The second-order valence-corrected chi connectivity index (χ2v) is 7.23. The third kappa shape index (κ3) is 3.70. The highest BCUT2D eigenvalue weighted by molar-refractivity contribution is 7.07. The summed E-state index contributed by atoms with van der Waals surface area (Å²) < 4.78 is 2.05. The van der Waals surface area contributed by atoms with Gasteiger partial charge in [-0.05, 0) is 30.7 Å². The Balaban J connectivity index is 1.58. The SMILES string of the molecule is Cc1csc(=NCc2ccccc2NC(=O)c2cnc3ccccc3n2)n1C. The zero-order chi connectivity index (χ0) is 19.5. The molecule has 2 aromatic heterocycles. The summed E-state index contributed by atoms with van der Waals surface area (Å²) >= 11 is 1.60. The van der Waals surface area contributed by atoms with Crippen LogP contribution in [0.3, 0.4) is 0 Å². The van der Waals surface area contributed by atoms with Gasteiger partial charge < -0.3 is 9.88 Å². The molecule has 0 aliphatic heterocycles. The maximum Gasteiger partial charge on any atom is 0.275 e. The lowest BCUT2D eigenvalue weighted by Crippen LogP contribution is -2.16. The highest BCUT2D eigenvalue weighted by Gasteiger charge is 2.11. The molecular formula is C21H19N5OS. The fourth-order valence-corrected chi connectivity index (χ4v) is 3.65. The lowest BCUT2D eigenvalue weighted by Gasteiger charge is -2.09. The molecule has 1 amide bonds. The van der Waals surface area contributed by atoms with Crippen molar-refractivity contribution in [2.75, 3.05) is 5.32 Å². The van der Waals surface area contributed by atoms with E-state index in [1.54, 1.807) is 11.3 Å². The number of nitrogens with one attached hydrogen (secondary N) is 1. The van der Waals surface area contributed by atoms with Gasteiger partial charge in [0.1, 0.15) is 5.69 Å². The van der Waals surface area contributed by atoms with Crippen LogP contribution in [0.4, 0.5) is 5.69 Å². The van der Waals surface area contributed by atoms with Crippen molar-refractivity contribution < 1.29 is 4.79 Å². The van der Waals surface area contributed by atoms with Crippen LogP contribution in [0.1, 0.15) is 21.7 Å². The van der Waals surface area contributed by atoms with E-state index in [9.17, 15) is 4.79 Å².